The Bertz CT molecular complexity index is 496. The summed E-state index contributed by atoms with van der Waals surface area (Å²) in [6.45, 7) is 6.36. The number of rotatable bonds is 7. The lowest BCUT2D eigenvalue weighted by Gasteiger charge is -2.30. The van der Waals surface area contributed by atoms with Crippen molar-refractivity contribution in [2.75, 3.05) is 32.7 Å². The van der Waals surface area contributed by atoms with Crippen LogP contribution in [0.3, 0.4) is 0 Å². The van der Waals surface area contributed by atoms with E-state index in [1.807, 2.05) is 6.07 Å². The average Bonchev–Trinajstić information content (AvgIpc) is 2.59. The second-order valence-electron chi connectivity index (χ2n) is 6.28. The number of piperidine rings is 1. The Morgan fingerprint density at radius 2 is 1.83 bits per heavy atom. The highest BCUT2D eigenvalue weighted by molar-refractivity contribution is 5.96. The van der Waals surface area contributed by atoms with Crippen LogP contribution in [0.2, 0.25) is 0 Å². The van der Waals surface area contributed by atoms with Gasteiger partial charge in [-0.3, -0.25) is 9.59 Å². The van der Waals surface area contributed by atoms with Crippen LogP contribution in [0.4, 0.5) is 0 Å². The predicted molar refractivity (Wildman–Crippen MR) is 91.2 cm³/mol. The lowest BCUT2D eigenvalue weighted by atomic mass is 9.99. The maximum absolute atomic E-state index is 11.8. The summed E-state index contributed by atoms with van der Waals surface area (Å²) in [5.41, 5.74) is 0.569. The Labute approximate surface area is 138 Å². The highest BCUT2D eigenvalue weighted by Gasteiger charge is 2.14. The number of hydrogen-bond donors (Lipinski definition) is 2. The molecule has 0 aromatic heterocycles. The molecule has 1 aromatic carbocycles. The summed E-state index contributed by atoms with van der Waals surface area (Å²) >= 11 is 0. The molecule has 126 valence electrons. The van der Waals surface area contributed by atoms with Gasteiger partial charge in [0.05, 0.1) is 6.54 Å². The van der Waals surface area contributed by atoms with Crippen LogP contribution < -0.4 is 10.6 Å². The van der Waals surface area contributed by atoms with Gasteiger partial charge in [-0.15, -0.1) is 0 Å². The molecule has 1 aliphatic rings. The second-order valence-corrected chi connectivity index (χ2v) is 6.28. The molecule has 5 nitrogen and oxygen atoms in total. The van der Waals surface area contributed by atoms with Crippen LogP contribution in [0.25, 0.3) is 0 Å². The van der Waals surface area contributed by atoms with E-state index < -0.39 is 0 Å². The van der Waals surface area contributed by atoms with Crippen LogP contribution in [0, 0.1) is 5.92 Å². The molecule has 23 heavy (non-hydrogen) atoms. The third kappa shape index (κ3) is 6.40. The van der Waals surface area contributed by atoms with Gasteiger partial charge >= 0.3 is 0 Å². The molecule has 2 rings (SSSR count). The van der Waals surface area contributed by atoms with Gasteiger partial charge < -0.3 is 15.5 Å². The molecule has 0 spiro atoms. The van der Waals surface area contributed by atoms with E-state index in [2.05, 4.69) is 22.5 Å². The zero-order valence-electron chi connectivity index (χ0n) is 13.9. The van der Waals surface area contributed by atoms with Gasteiger partial charge in [-0.05, 0) is 56.9 Å². The zero-order valence-corrected chi connectivity index (χ0v) is 13.9. The molecule has 2 N–H and O–H groups in total. The van der Waals surface area contributed by atoms with E-state index in [1.165, 1.54) is 25.9 Å². The Balaban J connectivity index is 1.54. The third-order valence-electron chi connectivity index (χ3n) is 4.30. The molecule has 1 aliphatic heterocycles. The minimum Gasteiger partial charge on any atom is -0.355 e. The molecule has 1 saturated heterocycles. The maximum atomic E-state index is 11.8. The molecular formula is C18H27N3O2. The summed E-state index contributed by atoms with van der Waals surface area (Å²) in [5.74, 6) is 0.490. The van der Waals surface area contributed by atoms with Crippen LogP contribution in [0.1, 0.15) is 36.5 Å². The maximum Gasteiger partial charge on any atom is 0.251 e. The van der Waals surface area contributed by atoms with Crippen molar-refractivity contribution in [3.8, 4) is 0 Å². The van der Waals surface area contributed by atoms with E-state index in [1.54, 1.807) is 24.3 Å². The molecule has 0 saturated carbocycles. The number of nitrogens with zero attached hydrogens (tertiary/aromatic N) is 1. The lowest BCUT2D eigenvalue weighted by Crippen LogP contribution is -2.39. The van der Waals surface area contributed by atoms with E-state index in [0.717, 1.165) is 18.9 Å². The lowest BCUT2D eigenvalue weighted by molar-refractivity contribution is -0.120. The van der Waals surface area contributed by atoms with E-state index in [4.69, 9.17) is 0 Å². The third-order valence-corrected chi connectivity index (χ3v) is 4.30. The van der Waals surface area contributed by atoms with Gasteiger partial charge in [-0.1, -0.05) is 25.1 Å². The van der Waals surface area contributed by atoms with E-state index >= 15 is 0 Å². The number of benzene rings is 1. The first-order valence-corrected chi connectivity index (χ1v) is 8.47. The van der Waals surface area contributed by atoms with Crippen LogP contribution in [-0.2, 0) is 4.79 Å². The van der Waals surface area contributed by atoms with Crippen LogP contribution >= 0.6 is 0 Å². The topological polar surface area (TPSA) is 61.4 Å². The summed E-state index contributed by atoms with van der Waals surface area (Å²) < 4.78 is 0. The van der Waals surface area contributed by atoms with Crippen molar-refractivity contribution in [1.82, 2.24) is 15.5 Å². The van der Waals surface area contributed by atoms with Crippen LogP contribution in [0.5, 0.6) is 0 Å². The summed E-state index contributed by atoms with van der Waals surface area (Å²) in [7, 11) is 0. The Morgan fingerprint density at radius 1 is 1.13 bits per heavy atom. The highest BCUT2D eigenvalue weighted by atomic mass is 16.2. The zero-order chi connectivity index (χ0) is 16.5. The number of carbonyl (C=O) groups is 2. The summed E-state index contributed by atoms with van der Waals surface area (Å²) in [6, 6.07) is 8.92. The van der Waals surface area contributed by atoms with Gasteiger partial charge in [-0.2, -0.15) is 0 Å². The SMILES string of the molecule is CC1CCN(CCCNC(=O)CNC(=O)c2ccccc2)CC1. The minimum atomic E-state index is -0.219. The fourth-order valence-corrected chi connectivity index (χ4v) is 2.73. The molecule has 0 atom stereocenters. The van der Waals surface area contributed by atoms with Crippen molar-refractivity contribution < 1.29 is 9.59 Å². The summed E-state index contributed by atoms with van der Waals surface area (Å²) in [5, 5.41) is 5.49. The summed E-state index contributed by atoms with van der Waals surface area (Å²) in [6.07, 6.45) is 3.50. The molecule has 2 amide bonds. The van der Waals surface area contributed by atoms with E-state index in [-0.39, 0.29) is 18.4 Å². The van der Waals surface area contributed by atoms with Crippen molar-refractivity contribution in [3.05, 3.63) is 35.9 Å². The van der Waals surface area contributed by atoms with Crippen LogP contribution in [0.15, 0.2) is 30.3 Å². The first kappa shape index (κ1) is 17.5. The van der Waals surface area contributed by atoms with E-state index in [9.17, 15) is 9.59 Å². The van der Waals surface area contributed by atoms with Gasteiger partial charge in [0.1, 0.15) is 0 Å². The number of hydrogen-bond acceptors (Lipinski definition) is 3. The van der Waals surface area contributed by atoms with Crippen molar-refractivity contribution in [2.24, 2.45) is 5.92 Å². The van der Waals surface area contributed by atoms with Gasteiger partial charge in [0.25, 0.3) is 5.91 Å². The summed E-state index contributed by atoms with van der Waals surface area (Å²) in [4.78, 5) is 26.0. The fraction of sp³-hybridized carbons (Fsp3) is 0.556. The minimum absolute atomic E-state index is 0.0228. The number of amides is 2. The highest BCUT2D eigenvalue weighted by Crippen LogP contribution is 2.15. The van der Waals surface area contributed by atoms with Crippen molar-refractivity contribution in [3.63, 3.8) is 0 Å². The molecule has 0 unspecified atom stereocenters. The molecule has 5 heteroatoms. The van der Waals surface area contributed by atoms with Gasteiger partial charge in [0, 0.05) is 12.1 Å². The molecule has 0 aliphatic carbocycles. The van der Waals surface area contributed by atoms with Gasteiger partial charge in [0.15, 0.2) is 0 Å². The molecule has 1 heterocycles. The normalized spacial score (nSPS) is 16.0. The number of nitrogens with one attached hydrogen (secondary N) is 2. The predicted octanol–water partition coefficient (Wildman–Crippen LogP) is 1.65. The first-order chi connectivity index (χ1) is 11.1. The Kier molecular flexibility index (Phi) is 7.07. The largest absolute Gasteiger partial charge is 0.355 e. The Morgan fingerprint density at radius 3 is 2.52 bits per heavy atom. The molecule has 0 bridgehead atoms. The smallest absolute Gasteiger partial charge is 0.251 e. The quantitative estimate of drug-likeness (QED) is 0.752. The van der Waals surface area contributed by atoms with Crippen molar-refractivity contribution in [2.45, 2.75) is 26.2 Å². The van der Waals surface area contributed by atoms with Crippen molar-refractivity contribution in [1.29, 1.82) is 0 Å². The Hall–Kier alpha value is -1.88. The number of carbonyl (C=O) groups excluding carboxylic acids is 2. The van der Waals surface area contributed by atoms with Crippen LogP contribution in [-0.4, -0.2) is 49.4 Å². The number of likely N-dealkylation sites (tertiary alicyclic amines) is 1. The van der Waals surface area contributed by atoms with Gasteiger partial charge in [0.2, 0.25) is 5.91 Å². The molecule has 1 fully saturated rings. The van der Waals surface area contributed by atoms with Gasteiger partial charge in [-0.25, -0.2) is 0 Å². The monoisotopic (exact) mass is 317 g/mol. The molecule has 0 radical (unpaired) electrons. The van der Waals surface area contributed by atoms with E-state index in [0.29, 0.717) is 12.1 Å². The molecular weight excluding hydrogens is 290 g/mol. The second kappa shape index (κ2) is 9.30. The molecule has 1 aromatic rings. The fourth-order valence-electron chi connectivity index (χ4n) is 2.73. The van der Waals surface area contributed by atoms with Crippen molar-refractivity contribution >= 4 is 11.8 Å². The first-order valence-electron chi connectivity index (χ1n) is 8.47. The average molecular weight is 317 g/mol. The standard InChI is InChI=1S/C18H27N3O2/c1-15-8-12-21(13-9-15)11-5-10-19-17(22)14-20-18(23)16-6-3-2-4-7-16/h2-4,6-7,15H,5,8-14H2,1H3,(H,19,22)(H,20,23).